The third kappa shape index (κ3) is 5.80. The van der Waals surface area contributed by atoms with Gasteiger partial charge in [-0.15, -0.1) is 0 Å². The van der Waals surface area contributed by atoms with E-state index in [0.717, 1.165) is 18.4 Å². The fraction of sp³-hybridized carbons (Fsp3) is 0.457. The van der Waals surface area contributed by atoms with Crippen LogP contribution in [0.25, 0.3) is 0 Å². The minimum atomic E-state index is -3.85. The highest BCUT2D eigenvalue weighted by atomic mass is 32.2. The van der Waals surface area contributed by atoms with E-state index in [1.54, 1.807) is 49.2 Å². The SMILES string of the molecule is CNC(=O)C1CCCCC1C(=O)N1CCc2cccc(OC3CCN(S(=O)(=O)c4cnoc4C)C3)c2[C@H]1CN1C(=O)c2ccccc2C1=O. The first kappa shape index (κ1) is 33.0. The number of imide groups is 1. The molecule has 7 rings (SSSR count). The lowest BCUT2D eigenvalue weighted by atomic mass is 9.77. The summed E-state index contributed by atoms with van der Waals surface area (Å²) in [5.41, 5.74) is 2.22. The Hall–Kier alpha value is -4.56. The first-order valence-corrected chi connectivity index (χ1v) is 18.2. The highest BCUT2D eigenvalue weighted by molar-refractivity contribution is 7.89. The van der Waals surface area contributed by atoms with Crippen molar-refractivity contribution < 1.29 is 36.9 Å². The van der Waals surface area contributed by atoms with Gasteiger partial charge < -0.3 is 19.5 Å². The van der Waals surface area contributed by atoms with Gasteiger partial charge in [0.1, 0.15) is 16.7 Å². The molecular weight excluding hydrogens is 650 g/mol. The predicted molar refractivity (Wildman–Crippen MR) is 175 cm³/mol. The number of nitrogens with one attached hydrogen (secondary N) is 1. The molecule has 0 radical (unpaired) electrons. The summed E-state index contributed by atoms with van der Waals surface area (Å²) in [5, 5.41) is 6.35. The van der Waals surface area contributed by atoms with Crippen molar-refractivity contribution >= 4 is 33.7 Å². The van der Waals surface area contributed by atoms with Crippen LogP contribution in [0.4, 0.5) is 0 Å². The van der Waals surface area contributed by atoms with Crippen LogP contribution in [0.1, 0.15) is 75.7 Å². The number of benzene rings is 2. The Morgan fingerprint density at radius 1 is 0.980 bits per heavy atom. The number of sulfonamides is 1. The van der Waals surface area contributed by atoms with E-state index in [9.17, 15) is 27.6 Å². The normalized spacial score (nSPS) is 24.1. The molecule has 0 bridgehead atoms. The summed E-state index contributed by atoms with van der Waals surface area (Å²) >= 11 is 0. The number of carbonyl (C=O) groups excluding carboxylic acids is 4. The lowest BCUT2D eigenvalue weighted by Gasteiger charge is -2.43. The van der Waals surface area contributed by atoms with Crippen LogP contribution in [0.5, 0.6) is 5.75 Å². The van der Waals surface area contributed by atoms with Gasteiger partial charge in [-0.3, -0.25) is 24.1 Å². The Kier molecular flexibility index (Phi) is 8.78. The number of ether oxygens (including phenoxy) is 1. The highest BCUT2D eigenvalue weighted by Gasteiger charge is 2.45. The molecule has 1 saturated heterocycles. The lowest BCUT2D eigenvalue weighted by molar-refractivity contribution is -0.146. The maximum absolute atomic E-state index is 14.5. The molecule has 258 valence electrons. The molecule has 1 aliphatic carbocycles. The molecule has 3 unspecified atom stereocenters. The molecule has 2 fully saturated rings. The molecule has 4 amide bonds. The number of hydrogen-bond acceptors (Lipinski definition) is 9. The maximum atomic E-state index is 14.5. The topological polar surface area (TPSA) is 159 Å². The molecule has 1 saturated carbocycles. The van der Waals surface area contributed by atoms with Crippen LogP contribution in [0.2, 0.25) is 0 Å². The molecule has 0 spiro atoms. The number of amides is 4. The summed E-state index contributed by atoms with van der Waals surface area (Å²) in [6, 6.07) is 11.5. The van der Waals surface area contributed by atoms with Crippen molar-refractivity contribution in [2.24, 2.45) is 11.8 Å². The Labute approximate surface area is 284 Å². The average Bonchev–Trinajstić information content (AvgIpc) is 3.84. The molecule has 2 aromatic carbocycles. The van der Waals surface area contributed by atoms with Crippen molar-refractivity contribution in [2.75, 3.05) is 33.2 Å². The summed E-state index contributed by atoms with van der Waals surface area (Å²) in [6.07, 6.45) is 4.48. The van der Waals surface area contributed by atoms with Crippen molar-refractivity contribution in [3.05, 3.63) is 76.7 Å². The summed E-state index contributed by atoms with van der Waals surface area (Å²) in [6.45, 7) is 2.12. The van der Waals surface area contributed by atoms with Gasteiger partial charge >= 0.3 is 0 Å². The average molecular weight is 690 g/mol. The molecule has 4 heterocycles. The van der Waals surface area contributed by atoms with Crippen LogP contribution in [-0.2, 0) is 26.0 Å². The molecule has 3 aromatic rings. The largest absolute Gasteiger partial charge is 0.489 e. The molecule has 4 atom stereocenters. The zero-order valence-electron chi connectivity index (χ0n) is 27.5. The van der Waals surface area contributed by atoms with E-state index in [-0.39, 0.29) is 42.1 Å². The Morgan fingerprint density at radius 2 is 1.69 bits per heavy atom. The van der Waals surface area contributed by atoms with E-state index < -0.39 is 45.8 Å². The highest BCUT2D eigenvalue weighted by Crippen LogP contribution is 2.42. The summed E-state index contributed by atoms with van der Waals surface area (Å²) < 4.78 is 39.6. The van der Waals surface area contributed by atoms with Crippen LogP contribution in [0, 0.1) is 18.8 Å². The van der Waals surface area contributed by atoms with E-state index in [1.165, 1.54) is 15.4 Å². The van der Waals surface area contributed by atoms with Gasteiger partial charge in [-0.2, -0.15) is 4.31 Å². The Morgan fingerprint density at radius 3 is 2.37 bits per heavy atom. The summed E-state index contributed by atoms with van der Waals surface area (Å²) in [5.74, 6) is -1.55. The second-order valence-corrected chi connectivity index (χ2v) is 15.0. The lowest BCUT2D eigenvalue weighted by Crippen LogP contribution is -2.51. The van der Waals surface area contributed by atoms with E-state index in [2.05, 4.69) is 10.5 Å². The van der Waals surface area contributed by atoms with Crippen molar-refractivity contribution in [3.63, 3.8) is 0 Å². The minimum absolute atomic E-state index is 0.0122. The van der Waals surface area contributed by atoms with E-state index >= 15 is 0 Å². The molecule has 3 aliphatic heterocycles. The minimum Gasteiger partial charge on any atom is -0.489 e. The number of carbonyl (C=O) groups is 4. The quantitative estimate of drug-likeness (QED) is 0.351. The van der Waals surface area contributed by atoms with Crippen LogP contribution in [-0.4, -0.2) is 90.6 Å². The van der Waals surface area contributed by atoms with Crippen molar-refractivity contribution in [1.29, 1.82) is 0 Å². The molecule has 1 aromatic heterocycles. The third-order valence-electron chi connectivity index (χ3n) is 10.4. The molecule has 49 heavy (non-hydrogen) atoms. The van der Waals surface area contributed by atoms with Gasteiger partial charge in [-0.05, 0) is 56.4 Å². The van der Waals surface area contributed by atoms with Crippen LogP contribution in [0.3, 0.4) is 0 Å². The molecule has 13 nitrogen and oxygen atoms in total. The fourth-order valence-corrected chi connectivity index (χ4v) is 9.44. The van der Waals surface area contributed by atoms with Crippen LogP contribution < -0.4 is 10.1 Å². The first-order valence-electron chi connectivity index (χ1n) is 16.8. The molecule has 4 aliphatic rings. The number of aryl methyl sites for hydroxylation is 1. The van der Waals surface area contributed by atoms with E-state index in [4.69, 9.17) is 9.26 Å². The standard InChI is InChI=1S/C35H39N5O8S/c1-21-30(18-37-48-21)49(45,46)38-16-15-23(19-38)47-29-13-7-8-22-14-17-39(33(42)25-10-4-3-9-24(25)32(41)36-2)28(31(22)29)20-40-34(43)26-11-5-6-12-27(26)35(40)44/h5-8,11-13,18,23-25,28H,3-4,9-10,14-17,19-20H2,1-2H3,(H,36,41)/t23?,24?,25?,28-/m1/s1. The summed E-state index contributed by atoms with van der Waals surface area (Å²) in [7, 11) is -2.27. The van der Waals surface area contributed by atoms with Crippen LogP contribution in [0.15, 0.2) is 58.1 Å². The van der Waals surface area contributed by atoms with Gasteiger partial charge in [0, 0.05) is 37.5 Å². The predicted octanol–water partition coefficient (Wildman–Crippen LogP) is 3.10. The van der Waals surface area contributed by atoms with Gasteiger partial charge in [-0.1, -0.05) is 42.3 Å². The number of hydrogen-bond donors (Lipinski definition) is 1. The second-order valence-electron chi connectivity index (χ2n) is 13.1. The summed E-state index contributed by atoms with van der Waals surface area (Å²) in [4.78, 5) is 57.6. The van der Waals surface area contributed by atoms with Gasteiger partial charge in [0.15, 0.2) is 5.76 Å². The van der Waals surface area contributed by atoms with Crippen LogP contribution >= 0.6 is 0 Å². The monoisotopic (exact) mass is 689 g/mol. The first-order chi connectivity index (χ1) is 23.6. The zero-order chi connectivity index (χ0) is 34.4. The van der Waals surface area contributed by atoms with Crippen molar-refractivity contribution in [2.45, 2.75) is 62.5 Å². The number of fused-ring (bicyclic) bond motifs is 2. The van der Waals surface area contributed by atoms with Gasteiger partial charge in [-0.25, -0.2) is 8.42 Å². The Bertz CT molecular complexity index is 1890. The Balaban J connectivity index is 1.22. The number of nitrogens with zero attached hydrogens (tertiary/aromatic N) is 4. The second kappa shape index (κ2) is 13.0. The van der Waals surface area contributed by atoms with Gasteiger partial charge in [0.05, 0.1) is 36.5 Å². The van der Waals surface area contributed by atoms with Crippen molar-refractivity contribution in [1.82, 2.24) is 24.6 Å². The zero-order valence-corrected chi connectivity index (χ0v) is 28.3. The third-order valence-corrected chi connectivity index (χ3v) is 12.4. The van der Waals surface area contributed by atoms with Crippen molar-refractivity contribution in [3.8, 4) is 5.75 Å². The molecule has 14 heteroatoms. The van der Waals surface area contributed by atoms with E-state index in [0.29, 0.717) is 54.7 Å². The van der Waals surface area contributed by atoms with Gasteiger partial charge in [0.2, 0.25) is 21.8 Å². The number of rotatable bonds is 8. The van der Waals surface area contributed by atoms with E-state index in [1.807, 2.05) is 12.1 Å². The van der Waals surface area contributed by atoms with Gasteiger partial charge in [0.25, 0.3) is 11.8 Å². The number of aromatic nitrogens is 1. The molecular formula is C35H39N5O8S. The smallest absolute Gasteiger partial charge is 0.261 e. The molecule has 1 N–H and O–H groups in total. The fourth-order valence-electron chi connectivity index (χ4n) is 7.88. The maximum Gasteiger partial charge on any atom is 0.261 e.